The van der Waals surface area contributed by atoms with Crippen LogP contribution in [0.15, 0.2) is 40.1 Å². The number of esters is 1. The highest BCUT2D eigenvalue weighted by atomic mass is 16.7. The minimum atomic E-state index is -2.94. The van der Waals surface area contributed by atoms with E-state index < -0.39 is 73.2 Å². The number of benzene rings is 1. The van der Waals surface area contributed by atoms with Gasteiger partial charge in [-0.05, 0) is 30.7 Å². The number of aliphatic hydroxyl groups is 1. The molecule has 1 aliphatic rings. The minimum Gasteiger partial charge on any atom is -0.478 e. The van der Waals surface area contributed by atoms with E-state index in [1.165, 1.54) is 37.3 Å². The van der Waals surface area contributed by atoms with E-state index in [2.05, 4.69) is 10.2 Å². The Morgan fingerprint density at radius 2 is 1.53 bits per heavy atom. The number of carbonyl (C=O) groups is 6. The molecule has 1 atom stereocenters. The minimum absolute atomic E-state index is 0.0350. The first-order valence-electron chi connectivity index (χ1n) is 9.39. The van der Waals surface area contributed by atoms with Crippen molar-refractivity contribution in [3.8, 4) is 0 Å². The maximum Gasteiger partial charge on any atom is 0.336 e. The molecule has 32 heavy (non-hydrogen) atoms. The molecule has 2 rings (SSSR count). The number of azo groups is 1. The summed E-state index contributed by atoms with van der Waals surface area (Å²) in [6.45, 7) is 0.365. The van der Waals surface area contributed by atoms with Crippen molar-refractivity contribution in [3.05, 3.63) is 41.0 Å². The van der Waals surface area contributed by atoms with E-state index in [4.69, 9.17) is 9.84 Å². The number of carbonyl (C=O) groups excluding carboxylic acids is 5. The van der Waals surface area contributed by atoms with Crippen LogP contribution in [0.1, 0.15) is 42.1 Å². The number of hydrogen-bond donors (Lipinski definition) is 2. The molecule has 0 aromatic heterocycles. The molecule has 0 spiro atoms. The third-order valence-corrected chi connectivity index (χ3v) is 4.34. The zero-order chi connectivity index (χ0) is 23.9. The summed E-state index contributed by atoms with van der Waals surface area (Å²) >= 11 is 0. The normalized spacial score (nSPS) is 21.0. The molecule has 1 aliphatic heterocycles. The highest BCUT2D eigenvalue weighted by molar-refractivity contribution is 6.08. The molecule has 11 nitrogen and oxygen atoms in total. The van der Waals surface area contributed by atoms with Gasteiger partial charge in [0.15, 0.2) is 11.6 Å². The van der Waals surface area contributed by atoms with Gasteiger partial charge in [-0.1, -0.05) is 12.1 Å². The van der Waals surface area contributed by atoms with E-state index in [0.29, 0.717) is 5.56 Å². The molecule has 1 aromatic rings. The zero-order valence-electron chi connectivity index (χ0n) is 17.1. The number of Topliss-reactive ketones (excluding diaryl/α,β-unsaturated/α-hetero) is 4. The van der Waals surface area contributed by atoms with Gasteiger partial charge < -0.3 is 14.9 Å². The van der Waals surface area contributed by atoms with Gasteiger partial charge in [0.2, 0.25) is 5.78 Å². The van der Waals surface area contributed by atoms with Gasteiger partial charge in [-0.3, -0.25) is 19.2 Å². The summed E-state index contributed by atoms with van der Waals surface area (Å²) in [6.07, 6.45) is -1.21. The Hall–Kier alpha value is -3.86. The van der Waals surface area contributed by atoms with Crippen molar-refractivity contribution in [2.24, 2.45) is 10.2 Å². The number of hydrogen-bond acceptors (Lipinski definition) is 10. The summed E-state index contributed by atoms with van der Waals surface area (Å²) in [5.74, 6) is -8.73. The quantitative estimate of drug-likeness (QED) is 0.296. The molecule has 0 aliphatic carbocycles. The second-order valence-corrected chi connectivity index (χ2v) is 7.10. The van der Waals surface area contributed by atoms with Crippen LogP contribution in [0.5, 0.6) is 0 Å². The maximum atomic E-state index is 12.5. The summed E-state index contributed by atoms with van der Waals surface area (Å²) in [7, 11) is 0. The van der Waals surface area contributed by atoms with Crippen LogP contribution in [-0.2, 0) is 28.7 Å². The third kappa shape index (κ3) is 6.84. The molecule has 0 saturated carbocycles. The number of carboxylic acids is 1. The topological polar surface area (TPSA) is 177 Å². The predicted molar refractivity (Wildman–Crippen MR) is 107 cm³/mol. The lowest BCUT2D eigenvalue weighted by Gasteiger charge is -2.26. The van der Waals surface area contributed by atoms with Gasteiger partial charge in [-0.2, -0.15) is 10.2 Å². The first-order chi connectivity index (χ1) is 15.0. The van der Waals surface area contributed by atoms with E-state index in [0.717, 1.165) is 0 Å². The zero-order valence-corrected chi connectivity index (χ0v) is 17.1. The Bertz CT molecular complexity index is 1020. The lowest BCUT2D eigenvalue weighted by molar-refractivity contribution is -0.208. The molecular weight excluding hydrogens is 424 g/mol. The molecule has 0 saturated heterocycles. The Kier molecular flexibility index (Phi) is 7.97. The first-order valence-corrected chi connectivity index (χ1v) is 9.39. The van der Waals surface area contributed by atoms with E-state index in [1.807, 2.05) is 0 Å². The van der Waals surface area contributed by atoms with Crippen LogP contribution in [0.4, 0.5) is 0 Å². The fourth-order valence-corrected chi connectivity index (χ4v) is 2.69. The van der Waals surface area contributed by atoms with Crippen molar-refractivity contribution in [2.75, 3.05) is 13.1 Å². The van der Waals surface area contributed by atoms with Crippen LogP contribution >= 0.6 is 0 Å². The molecule has 11 heteroatoms. The van der Waals surface area contributed by atoms with Gasteiger partial charge in [0.25, 0.3) is 5.79 Å². The average Bonchev–Trinajstić information content (AvgIpc) is 2.70. The molecule has 2 N–H and O–H groups in total. The van der Waals surface area contributed by atoms with Crippen LogP contribution in [-0.4, -0.2) is 64.2 Å². The van der Waals surface area contributed by atoms with Crippen LogP contribution in [0, 0.1) is 0 Å². The number of rotatable bonds is 4. The monoisotopic (exact) mass is 444 g/mol. The number of ketones is 4. The SMILES string of the molecule is CC(=Cc1ccc(C(=O)O)cc1)C(=O)OC1(O)CC(=O)CC(=O)CN=NCC(=O)CC1=O. The molecule has 0 bridgehead atoms. The lowest BCUT2D eigenvalue weighted by Crippen LogP contribution is -2.46. The number of nitrogens with zero attached hydrogens (tertiary/aromatic N) is 2. The molecule has 1 heterocycles. The second-order valence-electron chi connectivity index (χ2n) is 7.10. The predicted octanol–water partition coefficient (Wildman–Crippen LogP) is 0.932. The van der Waals surface area contributed by atoms with Crippen molar-refractivity contribution >= 4 is 41.1 Å². The highest BCUT2D eigenvalue weighted by Crippen LogP contribution is 2.21. The second kappa shape index (κ2) is 10.4. The Labute approximate surface area is 181 Å². The summed E-state index contributed by atoms with van der Waals surface area (Å²) in [5, 5.41) is 26.5. The van der Waals surface area contributed by atoms with Gasteiger partial charge in [-0.25, -0.2) is 9.59 Å². The molecule has 168 valence electrons. The fourth-order valence-electron chi connectivity index (χ4n) is 2.69. The number of carboxylic acid groups (broad SMARTS) is 1. The van der Waals surface area contributed by atoms with Crippen molar-refractivity contribution in [3.63, 3.8) is 0 Å². The fraction of sp³-hybridized carbons (Fsp3) is 0.333. The van der Waals surface area contributed by atoms with Crippen LogP contribution in [0.25, 0.3) is 6.08 Å². The van der Waals surface area contributed by atoms with Gasteiger partial charge in [0, 0.05) is 5.57 Å². The molecule has 1 unspecified atom stereocenters. The van der Waals surface area contributed by atoms with Gasteiger partial charge in [0.1, 0.15) is 18.9 Å². The van der Waals surface area contributed by atoms with E-state index in [9.17, 15) is 33.9 Å². The summed E-state index contributed by atoms with van der Waals surface area (Å²) < 4.78 is 4.91. The Morgan fingerprint density at radius 3 is 2.09 bits per heavy atom. The van der Waals surface area contributed by atoms with Crippen molar-refractivity contribution in [1.29, 1.82) is 0 Å². The Morgan fingerprint density at radius 1 is 0.969 bits per heavy atom. The highest BCUT2D eigenvalue weighted by Gasteiger charge is 2.43. The molecule has 0 amide bonds. The summed E-state index contributed by atoms with van der Waals surface area (Å²) in [5.41, 5.74) is 0.389. The first kappa shape index (κ1) is 24.4. The van der Waals surface area contributed by atoms with E-state index in [1.54, 1.807) is 0 Å². The van der Waals surface area contributed by atoms with Crippen molar-refractivity contribution in [2.45, 2.75) is 32.0 Å². The van der Waals surface area contributed by atoms with E-state index >= 15 is 0 Å². The van der Waals surface area contributed by atoms with Gasteiger partial charge in [-0.15, -0.1) is 0 Å². The van der Waals surface area contributed by atoms with Gasteiger partial charge >= 0.3 is 11.9 Å². The van der Waals surface area contributed by atoms with Crippen LogP contribution < -0.4 is 0 Å². The Balaban J connectivity index is 2.24. The maximum absolute atomic E-state index is 12.5. The van der Waals surface area contributed by atoms with Crippen LogP contribution in [0.2, 0.25) is 0 Å². The van der Waals surface area contributed by atoms with Crippen LogP contribution in [0.3, 0.4) is 0 Å². The summed E-state index contributed by atoms with van der Waals surface area (Å²) in [6, 6.07) is 5.49. The summed E-state index contributed by atoms with van der Waals surface area (Å²) in [4.78, 5) is 71.5. The number of aromatic carboxylic acids is 1. The third-order valence-electron chi connectivity index (χ3n) is 4.34. The van der Waals surface area contributed by atoms with E-state index in [-0.39, 0.29) is 11.1 Å². The van der Waals surface area contributed by atoms with Crippen molar-refractivity contribution in [1.82, 2.24) is 0 Å². The smallest absolute Gasteiger partial charge is 0.336 e. The largest absolute Gasteiger partial charge is 0.478 e. The average molecular weight is 444 g/mol. The number of ether oxygens (including phenoxy) is 1. The molecular formula is C21H20N2O9. The lowest BCUT2D eigenvalue weighted by atomic mass is 9.98. The van der Waals surface area contributed by atoms with Crippen molar-refractivity contribution < 1.29 is 43.7 Å². The molecule has 0 radical (unpaired) electrons. The standard InChI is InChI=1S/C21H20N2O9/c1-12(6-13-2-4-14(5-3-13)19(28)29)20(30)32-21(31)9-15(24)7-16(25)10-22-23-11-17(26)8-18(21)27/h2-6,31H,7-11H2,1H3,(H,28,29). The van der Waals surface area contributed by atoms with Gasteiger partial charge in [0.05, 0.1) is 24.8 Å². The molecule has 0 fully saturated rings. The molecule has 1 aromatic carbocycles.